The molecule has 1 rings (SSSR count). The molecule has 0 fully saturated rings. The summed E-state index contributed by atoms with van der Waals surface area (Å²) < 4.78 is 9.96. The van der Waals surface area contributed by atoms with Crippen LogP contribution in [0.3, 0.4) is 0 Å². The maximum absolute atomic E-state index is 11.8. The lowest BCUT2D eigenvalue weighted by atomic mass is 10.1. The number of nitrogens with zero attached hydrogens (tertiary/aromatic N) is 1. The molecule has 0 spiro atoms. The van der Waals surface area contributed by atoms with Gasteiger partial charge in [-0.2, -0.15) is 5.10 Å². The molecule has 0 aliphatic rings. The van der Waals surface area contributed by atoms with Gasteiger partial charge in [0.05, 0.1) is 26.1 Å². The normalized spacial score (nSPS) is 12.5. The Bertz CT molecular complexity index is 538. The number of esters is 1. The molecule has 1 amide bonds. The number of hydrazone groups is 1. The Morgan fingerprint density at radius 2 is 1.91 bits per heavy atom. The number of amides is 1. The molecule has 6 nitrogen and oxygen atoms in total. The summed E-state index contributed by atoms with van der Waals surface area (Å²) >= 11 is 0. The Hall–Kier alpha value is -2.37. The van der Waals surface area contributed by atoms with Crippen LogP contribution >= 0.6 is 0 Å². The van der Waals surface area contributed by atoms with Gasteiger partial charge in [0.2, 0.25) is 5.91 Å². The molecule has 0 saturated carbocycles. The van der Waals surface area contributed by atoms with Crippen LogP contribution in [0.5, 0.6) is 5.75 Å². The van der Waals surface area contributed by atoms with Crippen molar-refractivity contribution < 1.29 is 19.1 Å². The van der Waals surface area contributed by atoms with Crippen LogP contribution in [0.15, 0.2) is 29.4 Å². The topological polar surface area (TPSA) is 77.0 Å². The molecule has 1 N–H and O–H groups in total. The summed E-state index contributed by atoms with van der Waals surface area (Å²) in [4.78, 5) is 23.4. The molecule has 0 radical (unpaired) electrons. The summed E-state index contributed by atoms with van der Waals surface area (Å²) in [6.07, 6.45) is 0.203. The van der Waals surface area contributed by atoms with Gasteiger partial charge in [0, 0.05) is 5.71 Å². The molecule has 0 aliphatic heterocycles. The number of carbonyl (C=O) groups is 2. The first-order chi connectivity index (χ1) is 10.5. The molecule has 1 aromatic carbocycles. The third kappa shape index (κ3) is 5.55. The van der Waals surface area contributed by atoms with Gasteiger partial charge < -0.3 is 9.47 Å². The Morgan fingerprint density at radius 1 is 1.27 bits per heavy atom. The minimum atomic E-state index is -0.485. The molecular weight excluding hydrogens is 284 g/mol. The Balaban J connectivity index is 2.53. The molecule has 0 heterocycles. The van der Waals surface area contributed by atoms with Gasteiger partial charge in [0.1, 0.15) is 5.75 Å². The van der Waals surface area contributed by atoms with Gasteiger partial charge >= 0.3 is 5.97 Å². The average Bonchev–Trinajstić information content (AvgIpc) is 2.52. The van der Waals surface area contributed by atoms with E-state index in [1.807, 2.05) is 12.1 Å². The molecule has 1 aromatic rings. The van der Waals surface area contributed by atoms with E-state index in [4.69, 9.17) is 9.47 Å². The largest absolute Gasteiger partial charge is 0.497 e. The lowest BCUT2D eigenvalue weighted by molar-refractivity contribution is -0.145. The molecule has 6 heteroatoms. The highest BCUT2D eigenvalue weighted by atomic mass is 16.5. The van der Waals surface area contributed by atoms with Crippen LogP contribution in [0.1, 0.15) is 26.3 Å². The Labute approximate surface area is 130 Å². The number of ether oxygens (including phenoxy) is 2. The summed E-state index contributed by atoms with van der Waals surface area (Å²) in [6, 6.07) is 7.21. The quantitative estimate of drug-likeness (QED) is 0.474. The monoisotopic (exact) mass is 306 g/mol. The third-order valence-corrected chi connectivity index (χ3v) is 3.15. The standard InChI is InChI=1S/C16H22N2O4/c1-5-22-16(20)11(2)12(3)17-18-15(19)10-13-6-8-14(21-4)9-7-13/h6-9,11H,5,10H2,1-4H3,(H,18,19)/b17-12+. The van der Waals surface area contributed by atoms with Crippen molar-refractivity contribution in [3.8, 4) is 5.75 Å². The maximum atomic E-state index is 11.8. The second-order valence-electron chi connectivity index (χ2n) is 4.79. The van der Waals surface area contributed by atoms with Crippen molar-refractivity contribution in [3.05, 3.63) is 29.8 Å². The van der Waals surface area contributed by atoms with Gasteiger partial charge in [-0.15, -0.1) is 0 Å². The number of rotatable bonds is 7. The van der Waals surface area contributed by atoms with Gasteiger partial charge in [-0.05, 0) is 38.5 Å². The Morgan fingerprint density at radius 3 is 2.45 bits per heavy atom. The van der Waals surface area contributed by atoms with Crippen LogP contribution in [0.4, 0.5) is 0 Å². The number of hydrogen-bond acceptors (Lipinski definition) is 5. The zero-order valence-electron chi connectivity index (χ0n) is 13.4. The predicted molar refractivity (Wildman–Crippen MR) is 83.7 cm³/mol. The van der Waals surface area contributed by atoms with Crippen LogP contribution in [0.25, 0.3) is 0 Å². The second kappa shape index (κ2) is 8.81. The van der Waals surface area contributed by atoms with Crippen molar-refractivity contribution in [1.29, 1.82) is 0 Å². The van der Waals surface area contributed by atoms with E-state index in [0.29, 0.717) is 12.3 Å². The number of benzene rings is 1. The van der Waals surface area contributed by atoms with Gasteiger partial charge in [-0.3, -0.25) is 9.59 Å². The highest BCUT2D eigenvalue weighted by Gasteiger charge is 2.17. The van der Waals surface area contributed by atoms with Crippen LogP contribution in [0, 0.1) is 5.92 Å². The predicted octanol–water partition coefficient (Wildman–Crippen LogP) is 1.93. The fourth-order valence-electron chi connectivity index (χ4n) is 1.65. The number of methoxy groups -OCH3 is 1. The highest BCUT2D eigenvalue weighted by Crippen LogP contribution is 2.11. The van der Waals surface area contributed by atoms with Crippen molar-refractivity contribution in [3.63, 3.8) is 0 Å². The number of carbonyl (C=O) groups excluding carboxylic acids is 2. The van der Waals surface area contributed by atoms with E-state index < -0.39 is 5.92 Å². The molecule has 1 atom stereocenters. The third-order valence-electron chi connectivity index (χ3n) is 3.15. The summed E-state index contributed by atoms with van der Waals surface area (Å²) in [5.41, 5.74) is 3.80. The van der Waals surface area contributed by atoms with Crippen LogP contribution in [-0.4, -0.2) is 31.3 Å². The van der Waals surface area contributed by atoms with E-state index in [-0.39, 0.29) is 18.3 Å². The fourth-order valence-corrected chi connectivity index (χ4v) is 1.65. The van der Waals surface area contributed by atoms with E-state index in [9.17, 15) is 9.59 Å². The fraction of sp³-hybridized carbons (Fsp3) is 0.438. The zero-order valence-corrected chi connectivity index (χ0v) is 13.4. The van der Waals surface area contributed by atoms with Crippen LogP contribution in [-0.2, 0) is 20.7 Å². The van der Waals surface area contributed by atoms with Crippen molar-refractivity contribution in [2.24, 2.45) is 11.0 Å². The minimum absolute atomic E-state index is 0.203. The van der Waals surface area contributed by atoms with Crippen molar-refractivity contribution in [2.45, 2.75) is 27.2 Å². The molecule has 0 bridgehead atoms. The molecule has 120 valence electrons. The van der Waals surface area contributed by atoms with Crippen molar-refractivity contribution in [2.75, 3.05) is 13.7 Å². The molecule has 22 heavy (non-hydrogen) atoms. The molecule has 0 aromatic heterocycles. The first-order valence-electron chi connectivity index (χ1n) is 7.10. The van der Waals surface area contributed by atoms with E-state index in [0.717, 1.165) is 11.3 Å². The first kappa shape index (κ1) is 17.7. The lowest BCUT2D eigenvalue weighted by Crippen LogP contribution is -2.26. The summed E-state index contributed by atoms with van der Waals surface area (Å²) in [6.45, 7) is 5.43. The Kier molecular flexibility index (Phi) is 7.08. The summed E-state index contributed by atoms with van der Waals surface area (Å²) in [5, 5.41) is 3.95. The van der Waals surface area contributed by atoms with Gasteiger partial charge in [0.15, 0.2) is 0 Å². The van der Waals surface area contributed by atoms with E-state index in [1.165, 1.54) is 0 Å². The van der Waals surface area contributed by atoms with E-state index in [2.05, 4.69) is 10.5 Å². The SMILES string of the molecule is CCOC(=O)C(C)/C(C)=N/NC(=O)Cc1ccc(OC)cc1. The molecule has 1 unspecified atom stereocenters. The van der Waals surface area contributed by atoms with Gasteiger partial charge in [0.25, 0.3) is 0 Å². The first-order valence-corrected chi connectivity index (χ1v) is 7.10. The van der Waals surface area contributed by atoms with Gasteiger partial charge in [-0.25, -0.2) is 5.43 Å². The van der Waals surface area contributed by atoms with Crippen molar-refractivity contribution >= 4 is 17.6 Å². The maximum Gasteiger partial charge on any atom is 0.314 e. The average molecular weight is 306 g/mol. The second-order valence-corrected chi connectivity index (χ2v) is 4.79. The lowest BCUT2D eigenvalue weighted by Gasteiger charge is -2.10. The molecular formula is C16H22N2O4. The summed E-state index contributed by atoms with van der Waals surface area (Å²) in [5.74, 6) is -0.351. The van der Waals surface area contributed by atoms with Gasteiger partial charge in [-0.1, -0.05) is 12.1 Å². The number of hydrogen-bond donors (Lipinski definition) is 1. The zero-order chi connectivity index (χ0) is 16.5. The van der Waals surface area contributed by atoms with E-state index in [1.54, 1.807) is 40.0 Å². The number of nitrogens with one attached hydrogen (secondary N) is 1. The van der Waals surface area contributed by atoms with Crippen LogP contribution < -0.4 is 10.2 Å². The minimum Gasteiger partial charge on any atom is -0.497 e. The highest BCUT2D eigenvalue weighted by molar-refractivity contribution is 6.00. The molecule has 0 saturated heterocycles. The summed E-state index contributed by atoms with van der Waals surface area (Å²) in [7, 11) is 1.59. The smallest absolute Gasteiger partial charge is 0.314 e. The van der Waals surface area contributed by atoms with Crippen LogP contribution in [0.2, 0.25) is 0 Å². The van der Waals surface area contributed by atoms with E-state index >= 15 is 0 Å². The molecule has 0 aliphatic carbocycles. The van der Waals surface area contributed by atoms with Crippen molar-refractivity contribution in [1.82, 2.24) is 5.43 Å².